The number of rotatable bonds is 2. The van der Waals surface area contributed by atoms with Crippen molar-refractivity contribution in [2.45, 2.75) is 13.0 Å². The average Bonchev–Trinajstić information content (AvgIpc) is 2.30. The largest absolute Gasteiger partial charge is 0.398 e. The van der Waals surface area contributed by atoms with E-state index < -0.39 is 6.10 Å². The van der Waals surface area contributed by atoms with E-state index in [9.17, 15) is 5.11 Å². The molecule has 2 aromatic rings. The van der Waals surface area contributed by atoms with Gasteiger partial charge in [-0.25, -0.2) is 0 Å². The molecule has 0 saturated heterocycles. The summed E-state index contributed by atoms with van der Waals surface area (Å²) < 4.78 is 0. The molecule has 0 fully saturated rings. The van der Waals surface area contributed by atoms with E-state index in [1.807, 2.05) is 37.3 Å². The third kappa shape index (κ3) is 2.04. The standard InChI is InChI=1S/C13H14N2O/c1-9-6-7-10(8-15-9)13(16)11-4-2-3-5-12(11)14/h2-8,13,16H,14H2,1H3. The van der Waals surface area contributed by atoms with Crippen LogP contribution in [0.15, 0.2) is 42.6 Å². The predicted octanol–water partition coefficient (Wildman–Crippen LogP) is 2.05. The molecule has 0 aliphatic heterocycles. The minimum absolute atomic E-state index is 0.593. The van der Waals surface area contributed by atoms with Gasteiger partial charge in [0, 0.05) is 28.7 Å². The summed E-state index contributed by atoms with van der Waals surface area (Å²) in [5, 5.41) is 10.1. The molecule has 0 spiro atoms. The molecule has 2 rings (SSSR count). The maximum Gasteiger partial charge on any atom is 0.108 e. The van der Waals surface area contributed by atoms with Crippen molar-refractivity contribution >= 4 is 5.69 Å². The second-order valence-electron chi connectivity index (χ2n) is 3.76. The van der Waals surface area contributed by atoms with Gasteiger partial charge in [0.15, 0.2) is 0 Å². The molecule has 3 N–H and O–H groups in total. The Morgan fingerprint density at radius 3 is 2.56 bits per heavy atom. The second kappa shape index (κ2) is 4.33. The van der Waals surface area contributed by atoms with Crippen molar-refractivity contribution in [3.63, 3.8) is 0 Å². The van der Waals surface area contributed by atoms with Crippen LogP contribution in [-0.2, 0) is 0 Å². The SMILES string of the molecule is Cc1ccc(C(O)c2ccccc2N)cn1. The third-order valence-corrected chi connectivity index (χ3v) is 2.54. The van der Waals surface area contributed by atoms with Gasteiger partial charge in [-0.15, -0.1) is 0 Å². The van der Waals surface area contributed by atoms with Gasteiger partial charge in [-0.1, -0.05) is 24.3 Å². The lowest BCUT2D eigenvalue weighted by atomic mass is 10.0. The Bertz CT molecular complexity index is 480. The second-order valence-corrected chi connectivity index (χ2v) is 3.76. The van der Waals surface area contributed by atoms with Crippen LogP contribution in [0.5, 0.6) is 0 Å². The molecule has 1 heterocycles. The highest BCUT2D eigenvalue weighted by Gasteiger charge is 2.12. The van der Waals surface area contributed by atoms with Gasteiger partial charge in [-0.2, -0.15) is 0 Å². The first-order valence-electron chi connectivity index (χ1n) is 5.13. The minimum atomic E-state index is -0.714. The van der Waals surface area contributed by atoms with Crippen molar-refractivity contribution in [1.82, 2.24) is 4.98 Å². The summed E-state index contributed by atoms with van der Waals surface area (Å²) in [6.45, 7) is 1.91. The van der Waals surface area contributed by atoms with Gasteiger partial charge in [0.1, 0.15) is 6.10 Å². The highest BCUT2D eigenvalue weighted by Crippen LogP contribution is 2.25. The van der Waals surface area contributed by atoms with E-state index in [1.54, 1.807) is 12.3 Å². The topological polar surface area (TPSA) is 59.1 Å². The number of nitrogen functional groups attached to an aromatic ring is 1. The van der Waals surface area contributed by atoms with Crippen LogP contribution in [0.1, 0.15) is 22.9 Å². The number of hydrogen-bond donors (Lipinski definition) is 2. The molecule has 1 atom stereocenters. The number of pyridine rings is 1. The van der Waals surface area contributed by atoms with E-state index in [0.29, 0.717) is 11.3 Å². The number of benzene rings is 1. The quantitative estimate of drug-likeness (QED) is 0.752. The van der Waals surface area contributed by atoms with Crippen LogP contribution in [0, 0.1) is 6.92 Å². The summed E-state index contributed by atoms with van der Waals surface area (Å²) in [7, 11) is 0. The molecule has 82 valence electrons. The molecule has 1 aromatic carbocycles. The fourth-order valence-electron chi connectivity index (χ4n) is 1.58. The molecule has 0 amide bonds. The first-order valence-corrected chi connectivity index (χ1v) is 5.13. The lowest BCUT2D eigenvalue weighted by molar-refractivity contribution is 0.220. The number of aliphatic hydroxyl groups is 1. The van der Waals surface area contributed by atoms with Crippen LogP contribution in [0.25, 0.3) is 0 Å². The number of nitrogens with two attached hydrogens (primary N) is 1. The van der Waals surface area contributed by atoms with E-state index in [2.05, 4.69) is 4.98 Å². The summed E-state index contributed by atoms with van der Waals surface area (Å²) in [5.41, 5.74) is 8.80. The van der Waals surface area contributed by atoms with E-state index in [4.69, 9.17) is 5.73 Å². The predicted molar refractivity (Wildman–Crippen MR) is 63.9 cm³/mol. The first kappa shape index (κ1) is 10.6. The van der Waals surface area contributed by atoms with Crippen LogP contribution >= 0.6 is 0 Å². The van der Waals surface area contributed by atoms with Crippen molar-refractivity contribution < 1.29 is 5.11 Å². The van der Waals surface area contributed by atoms with Gasteiger partial charge in [-0.05, 0) is 19.1 Å². The van der Waals surface area contributed by atoms with E-state index in [0.717, 1.165) is 11.3 Å². The Morgan fingerprint density at radius 1 is 1.19 bits per heavy atom. The Kier molecular flexibility index (Phi) is 2.88. The van der Waals surface area contributed by atoms with Gasteiger partial charge in [-0.3, -0.25) is 4.98 Å². The normalized spacial score (nSPS) is 12.4. The number of para-hydroxylation sites is 1. The van der Waals surface area contributed by atoms with Gasteiger partial charge < -0.3 is 10.8 Å². The third-order valence-electron chi connectivity index (χ3n) is 2.54. The molecule has 0 aliphatic carbocycles. The summed E-state index contributed by atoms with van der Waals surface area (Å²) in [6, 6.07) is 11.0. The van der Waals surface area contributed by atoms with Crippen molar-refractivity contribution in [2.24, 2.45) is 0 Å². The summed E-state index contributed by atoms with van der Waals surface area (Å²) in [5.74, 6) is 0. The highest BCUT2D eigenvalue weighted by molar-refractivity contribution is 5.50. The molecule has 16 heavy (non-hydrogen) atoms. The molecule has 3 heteroatoms. The van der Waals surface area contributed by atoms with Crippen LogP contribution in [-0.4, -0.2) is 10.1 Å². The number of aryl methyl sites for hydroxylation is 1. The van der Waals surface area contributed by atoms with Gasteiger partial charge >= 0.3 is 0 Å². The van der Waals surface area contributed by atoms with Crippen LogP contribution in [0.4, 0.5) is 5.69 Å². The maximum atomic E-state index is 10.1. The molecule has 0 saturated carbocycles. The molecule has 0 bridgehead atoms. The zero-order valence-corrected chi connectivity index (χ0v) is 9.09. The maximum absolute atomic E-state index is 10.1. The van der Waals surface area contributed by atoms with Crippen LogP contribution in [0.2, 0.25) is 0 Å². The van der Waals surface area contributed by atoms with Gasteiger partial charge in [0.05, 0.1) is 0 Å². The summed E-state index contributed by atoms with van der Waals surface area (Å²) in [4.78, 5) is 4.15. The lowest BCUT2D eigenvalue weighted by Gasteiger charge is -2.13. The van der Waals surface area contributed by atoms with E-state index >= 15 is 0 Å². The molecule has 0 aliphatic rings. The van der Waals surface area contributed by atoms with E-state index in [1.165, 1.54) is 0 Å². The van der Waals surface area contributed by atoms with Gasteiger partial charge in [0.25, 0.3) is 0 Å². The smallest absolute Gasteiger partial charge is 0.108 e. The number of nitrogens with zero attached hydrogens (tertiary/aromatic N) is 1. The Hall–Kier alpha value is -1.87. The zero-order chi connectivity index (χ0) is 11.5. The minimum Gasteiger partial charge on any atom is -0.398 e. The Balaban J connectivity index is 2.35. The fraction of sp³-hybridized carbons (Fsp3) is 0.154. The fourth-order valence-corrected chi connectivity index (χ4v) is 1.58. The lowest BCUT2D eigenvalue weighted by Crippen LogP contribution is -2.04. The molecular weight excluding hydrogens is 200 g/mol. The van der Waals surface area contributed by atoms with Crippen molar-refractivity contribution in [1.29, 1.82) is 0 Å². The average molecular weight is 214 g/mol. The number of anilines is 1. The molecule has 0 radical (unpaired) electrons. The molecular formula is C13H14N2O. The molecule has 1 unspecified atom stereocenters. The summed E-state index contributed by atoms with van der Waals surface area (Å²) >= 11 is 0. The number of aliphatic hydroxyl groups excluding tert-OH is 1. The molecule has 3 nitrogen and oxygen atoms in total. The van der Waals surface area contributed by atoms with Crippen LogP contribution < -0.4 is 5.73 Å². The highest BCUT2D eigenvalue weighted by atomic mass is 16.3. The van der Waals surface area contributed by atoms with Crippen molar-refractivity contribution in [3.8, 4) is 0 Å². The number of aromatic nitrogens is 1. The number of hydrogen-bond acceptors (Lipinski definition) is 3. The Labute approximate surface area is 94.6 Å². The van der Waals surface area contributed by atoms with E-state index in [-0.39, 0.29) is 0 Å². The van der Waals surface area contributed by atoms with Crippen LogP contribution in [0.3, 0.4) is 0 Å². The van der Waals surface area contributed by atoms with Gasteiger partial charge in [0.2, 0.25) is 0 Å². The Morgan fingerprint density at radius 2 is 1.94 bits per heavy atom. The van der Waals surface area contributed by atoms with Crippen molar-refractivity contribution in [3.05, 3.63) is 59.4 Å². The zero-order valence-electron chi connectivity index (χ0n) is 9.09. The molecule has 1 aromatic heterocycles. The summed E-state index contributed by atoms with van der Waals surface area (Å²) in [6.07, 6.45) is 0.959. The monoisotopic (exact) mass is 214 g/mol. The van der Waals surface area contributed by atoms with Crippen molar-refractivity contribution in [2.75, 3.05) is 5.73 Å². The first-order chi connectivity index (χ1) is 7.68.